The third-order valence-corrected chi connectivity index (χ3v) is 11.5. The first-order chi connectivity index (χ1) is 24.3. The molecule has 3 aliphatic rings. The highest BCUT2D eigenvalue weighted by atomic mass is 16.2. The fraction of sp³-hybridized carbons (Fsp3) is 0.750. The van der Waals surface area contributed by atoms with E-state index in [1.807, 2.05) is 41.5 Å². The van der Waals surface area contributed by atoms with Gasteiger partial charge >= 0.3 is 6.03 Å². The van der Waals surface area contributed by atoms with Crippen molar-refractivity contribution in [2.45, 2.75) is 137 Å². The zero-order chi connectivity index (χ0) is 39.0. The Morgan fingerprint density at radius 3 is 2.19 bits per heavy atom. The second-order valence-electron chi connectivity index (χ2n) is 17.5. The number of carbonyl (C=O) groups is 6. The van der Waals surface area contributed by atoms with Gasteiger partial charge in [-0.05, 0) is 59.7 Å². The standard InChI is InChI=1S/C40H64N6O6/c1-11-13-17-27(32(48)35(50)41-22-12-2)43-34(49)31-30-26(39(30,8)9)24-46(31)36(51)33(40(10)20-15-14-16-21-40)45-37(52)44-28(38(5,6)7)18-19-29(47)42-23-25(3)4/h1,12,25-28,30-31,33H,2,13-24H2,3-10H3,(H,41,50)(H,42,47)(H,43,49)(H2,44,45,52)/t26-,27?,28?,30-,31?,33?/m0/s1. The summed E-state index contributed by atoms with van der Waals surface area (Å²) < 4.78 is 0. The summed E-state index contributed by atoms with van der Waals surface area (Å²) in [6.07, 6.45) is 12.1. The van der Waals surface area contributed by atoms with E-state index in [0.29, 0.717) is 25.4 Å². The number of nitrogens with one attached hydrogen (secondary N) is 5. The lowest BCUT2D eigenvalue weighted by Gasteiger charge is -2.43. The molecule has 3 rings (SSSR count). The highest BCUT2D eigenvalue weighted by Crippen LogP contribution is 2.65. The number of nitrogens with zero attached hydrogens (tertiary/aromatic N) is 1. The summed E-state index contributed by atoms with van der Waals surface area (Å²) in [5, 5.41) is 14.3. The number of Topliss-reactive ketones (excluding diaryl/α,β-unsaturated/α-hetero) is 1. The van der Waals surface area contributed by atoms with E-state index in [0.717, 1.165) is 32.1 Å². The Balaban J connectivity index is 1.87. The summed E-state index contributed by atoms with van der Waals surface area (Å²) in [6, 6.07) is -3.82. The predicted molar refractivity (Wildman–Crippen MR) is 201 cm³/mol. The molecule has 12 nitrogen and oxygen atoms in total. The smallest absolute Gasteiger partial charge is 0.315 e. The van der Waals surface area contributed by atoms with Crippen LogP contribution in [0.4, 0.5) is 4.79 Å². The molecule has 4 unspecified atom stereocenters. The van der Waals surface area contributed by atoms with Crippen molar-refractivity contribution in [1.82, 2.24) is 31.5 Å². The Kier molecular flexibility index (Phi) is 14.5. The molecule has 52 heavy (non-hydrogen) atoms. The molecular weight excluding hydrogens is 660 g/mol. The summed E-state index contributed by atoms with van der Waals surface area (Å²) in [7, 11) is 0. The van der Waals surface area contributed by atoms with Gasteiger partial charge in [-0.1, -0.05) is 80.7 Å². The molecule has 1 saturated heterocycles. The monoisotopic (exact) mass is 724 g/mol. The van der Waals surface area contributed by atoms with Gasteiger partial charge in [0.15, 0.2) is 0 Å². The highest BCUT2D eigenvalue weighted by Gasteiger charge is 2.70. The quantitative estimate of drug-likeness (QED) is 0.0869. The average molecular weight is 725 g/mol. The first kappa shape index (κ1) is 42.5. The number of rotatable bonds is 17. The molecule has 0 aromatic rings. The van der Waals surface area contributed by atoms with E-state index in [1.165, 1.54) is 6.08 Å². The van der Waals surface area contributed by atoms with Gasteiger partial charge in [0, 0.05) is 38.5 Å². The van der Waals surface area contributed by atoms with Crippen LogP contribution in [-0.4, -0.2) is 84.1 Å². The van der Waals surface area contributed by atoms with E-state index in [9.17, 15) is 28.8 Å². The van der Waals surface area contributed by atoms with Gasteiger partial charge in [0.05, 0.1) is 6.04 Å². The molecule has 2 saturated carbocycles. The van der Waals surface area contributed by atoms with Crippen molar-refractivity contribution in [2.24, 2.45) is 34.0 Å². The van der Waals surface area contributed by atoms with Gasteiger partial charge in [-0.25, -0.2) is 4.79 Å². The molecule has 2 aliphatic carbocycles. The summed E-state index contributed by atoms with van der Waals surface area (Å²) in [4.78, 5) is 82.7. The van der Waals surface area contributed by atoms with Crippen LogP contribution in [0.15, 0.2) is 12.7 Å². The molecule has 6 atom stereocenters. The van der Waals surface area contributed by atoms with E-state index in [2.05, 4.69) is 52.9 Å². The second kappa shape index (κ2) is 17.8. The van der Waals surface area contributed by atoms with Crippen LogP contribution in [-0.2, 0) is 24.0 Å². The first-order valence-corrected chi connectivity index (χ1v) is 19.1. The van der Waals surface area contributed by atoms with Gasteiger partial charge in [-0.15, -0.1) is 18.9 Å². The number of amides is 6. The normalized spacial score (nSPS) is 23.2. The molecular formula is C40H64N6O6. The Bertz CT molecular complexity index is 1390. The fourth-order valence-corrected chi connectivity index (χ4v) is 8.06. The van der Waals surface area contributed by atoms with Crippen LogP contribution in [0, 0.1) is 46.3 Å². The van der Waals surface area contributed by atoms with Gasteiger partial charge in [0.2, 0.25) is 23.5 Å². The van der Waals surface area contributed by atoms with Crippen molar-refractivity contribution in [2.75, 3.05) is 19.6 Å². The molecule has 3 fully saturated rings. The number of urea groups is 1. The number of ketones is 1. The maximum absolute atomic E-state index is 14.8. The van der Waals surface area contributed by atoms with Crippen molar-refractivity contribution >= 4 is 35.4 Å². The molecule has 1 heterocycles. The van der Waals surface area contributed by atoms with Crippen LogP contribution in [0.25, 0.3) is 0 Å². The van der Waals surface area contributed by atoms with E-state index < -0.39 is 47.2 Å². The molecule has 5 N–H and O–H groups in total. The van der Waals surface area contributed by atoms with Crippen LogP contribution in [0.1, 0.15) is 113 Å². The maximum Gasteiger partial charge on any atom is 0.315 e. The van der Waals surface area contributed by atoms with Crippen LogP contribution >= 0.6 is 0 Å². The lowest BCUT2D eigenvalue weighted by molar-refractivity contribution is -0.146. The van der Waals surface area contributed by atoms with Crippen LogP contribution in [0.3, 0.4) is 0 Å². The number of carbonyl (C=O) groups excluding carboxylic acids is 6. The Morgan fingerprint density at radius 1 is 0.962 bits per heavy atom. The Hall–Kier alpha value is -3.88. The van der Waals surface area contributed by atoms with Gasteiger partial charge < -0.3 is 31.5 Å². The third-order valence-electron chi connectivity index (χ3n) is 11.5. The van der Waals surface area contributed by atoms with E-state index in [4.69, 9.17) is 6.42 Å². The van der Waals surface area contributed by atoms with E-state index in [-0.39, 0.29) is 66.3 Å². The van der Waals surface area contributed by atoms with Crippen molar-refractivity contribution in [3.05, 3.63) is 12.7 Å². The first-order valence-electron chi connectivity index (χ1n) is 19.1. The molecule has 0 aromatic heterocycles. The number of piperidine rings is 1. The van der Waals surface area contributed by atoms with Crippen molar-refractivity contribution in [1.29, 1.82) is 0 Å². The molecule has 6 amide bonds. The molecule has 1 aliphatic heterocycles. The zero-order valence-corrected chi connectivity index (χ0v) is 32.8. The molecule has 12 heteroatoms. The molecule has 290 valence electrons. The summed E-state index contributed by atoms with van der Waals surface area (Å²) >= 11 is 0. The van der Waals surface area contributed by atoms with Crippen molar-refractivity contribution in [3.63, 3.8) is 0 Å². The van der Waals surface area contributed by atoms with E-state index >= 15 is 0 Å². The maximum atomic E-state index is 14.8. The molecule has 0 bridgehead atoms. The minimum Gasteiger partial charge on any atom is -0.356 e. The fourth-order valence-electron chi connectivity index (χ4n) is 8.06. The summed E-state index contributed by atoms with van der Waals surface area (Å²) in [5.74, 6) is 0.108. The molecule has 0 spiro atoms. The molecule has 0 aromatic carbocycles. The van der Waals surface area contributed by atoms with Crippen molar-refractivity contribution in [3.8, 4) is 12.3 Å². The van der Waals surface area contributed by atoms with Gasteiger partial charge in [0.1, 0.15) is 12.1 Å². The van der Waals surface area contributed by atoms with Gasteiger partial charge in [0.25, 0.3) is 5.91 Å². The number of hydrogen-bond acceptors (Lipinski definition) is 6. The lowest BCUT2D eigenvalue weighted by atomic mass is 9.70. The summed E-state index contributed by atoms with van der Waals surface area (Å²) in [5.41, 5.74) is -1.14. The van der Waals surface area contributed by atoms with Crippen LogP contribution in [0.2, 0.25) is 0 Å². The topological polar surface area (TPSA) is 166 Å². The van der Waals surface area contributed by atoms with Crippen molar-refractivity contribution < 1.29 is 28.8 Å². The number of terminal acetylenes is 1. The van der Waals surface area contributed by atoms with Gasteiger partial charge in [-0.3, -0.25) is 24.0 Å². The Morgan fingerprint density at radius 2 is 1.62 bits per heavy atom. The zero-order valence-electron chi connectivity index (χ0n) is 32.8. The number of fused-ring (bicyclic) bond motifs is 1. The SMILES string of the molecule is C#CCCC(NC(=O)C1[C@@H]2[C@H](CN1C(=O)C(NC(=O)NC(CCC(=O)NCC(C)C)C(C)(C)C)C1(C)CCCCC1)C2(C)C)C(=O)C(=O)NCC=C. The van der Waals surface area contributed by atoms with Gasteiger partial charge in [-0.2, -0.15) is 0 Å². The number of likely N-dealkylation sites (tertiary alicyclic amines) is 1. The number of hydrogen-bond donors (Lipinski definition) is 5. The highest BCUT2D eigenvalue weighted by molar-refractivity contribution is 6.38. The Labute approximate surface area is 311 Å². The van der Waals surface area contributed by atoms with E-state index in [1.54, 1.807) is 4.90 Å². The third kappa shape index (κ3) is 10.6. The average Bonchev–Trinajstić information content (AvgIpc) is 3.38. The van der Waals surface area contributed by atoms with Crippen LogP contribution < -0.4 is 26.6 Å². The minimum absolute atomic E-state index is 0.0590. The summed E-state index contributed by atoms with van der Waals surface area (Å²) in [6.45, 7) is 20.8. The minimum atomic E-state index is -1.16. The largest absolute Gasteiger partial charge is 0.356 e. The van der Waals surface area contributed by atoms with Crippen LogP contribution in [0.5, 0.6) is 0 Å². The predicted octanol–water partition coefficient (Wildman–Crippen LogP) is 3.84. The second-order valence-corrected chi connectivity index (χ2v) is 17.5. The molecule has 0 radical (unpaired) electrons. The lowest BCUT2D eigenvalue weighted by Crippen LogP contribution is -2.63.